The van der Waals surface area contributed by atoms with E-state index in [1.807, 2.05) is 45.9 Å². The fraction of sp³-hybridized carbons (Fsp3) is 0.409. The van der Waals surface area contributed by atoms with Crippen LogP contribution in [0.5, 0.6) is 0 Å². The van der Waals surface area contributed by atoms with Crippen molar-refractivity contribution in [2.24, 2.45) is 0 Å². The van der Waals surface area contributed by atoms with Crippen molar-refractivity contribution in [2.45, 2.75) is 57.9 Å². The molecule has 0 saturated heterocycles. The molecule has 5 nitrogen and oxygen atoms in total. The van der Waals surface area contributed by atoms with Crippen molar-refractivity contribution in [3.8, 4) is 0 Å². The lowest BCUT2D eigenvalue weighted by atomic mass is 10.0. The fourth-order valence-electron chi connectivity index (χ4n) is 3.62. The summed E-state index contributed by atoms with van der Waals surface area (Å²) in [7, 11) is -3.66. The van der Waals surface area contributed by atoms with E-state index in [9.17, 15) is 13.2 Å². The average molecular weight is 401 g/mol. The summed E-state index contributed by atoms with van der Waals surface area (Å²) < 4.78 is 28.9. The molecule has 2 aromatic carbocycles. The Balaban J connectivity index is 1.86. The van der Waals surface area contributed by atoms with Crippen molar-refractivity contribution < 1.29 is 13.2 Å². The first-order chi connectivity index (χ1) is 13.3. The molecule has 1 N–H and O–H groups in total. The highest BCUT2D eigenvalue weighted by molar-refractivity contribution is 7.89. The predicted octanol–water partition coefficient (Wildman–Crippen LogP) is 4.03. The molecule has 0 radical (unpaired) electrons. The number of anilines is 1. The van der Waals surface area contributed by atoms with Crippen molar-refractivity contribution >= 4 is 21.6 Å². The number of hydrogen-bond donors (Lipinski definition) is 1. The van der Waals surface area contributed by atoms with E-state index in [2.05, 4.69) is 4.72 Å². The molecule has 1 amide bonds. The lowest BCUT2D eigenvalue weighted by molar-refractivity contribution is -0.118. The molecule has 6 heteroatoms. The second-order valence-electron chi connectivity index (χ2n) is 7.37. The van der Waals surface area contributed by atoms with Crippen molar-refractivity contribution in [3.63, 3.8) is 0 Å². The van der Waals surface area contributed by atoms with Crippen LogP contribution in [-0.2, 0) is 21.2 Å². The van der Waals surface area contributed by atoms with Crippen LogP contribution in [0, 0.1) is 13.8 Å². The van der Waals surface area contributed by atoms with Gasteiger partial charge < -0.3 is 4.90 Å². The van der Waals surface area contributed by atoms with Crippen LogP contribution in [0.3, 0.4) is 0 Å². The van der Waals surface area contributed by atoms with Gasteiger partial charge in [0, 0.05) is 24.7 Å². The molecule has 3 rings (SSSR count). The number of amides is 1. The fourth-order valence-corrected chi connectivity index (χ4v) is 4.98. The third kappa shape index (κ3) is 3.98. The molecule has 0 fully saturated rings. The summed E-state index contributed by atoms with van der Waals surface area (Å²) in [6, 6.07) is 10.8. The number of nitrogens with zero attached hydrogens (tertiary/aromatic N) is 1. The molecule has 0 aromatic heterocycles. The Bertz CT molecular complexity index is 999. The number of hydrogen-bond acceptors (Lipinski definition) is 3. The Hall–Kier alpha value is -2.18. The van der Waals surface area contributed by atoms with Crippen molar-refractivity contribution in [1.29, 1.82) is 0 Å². The van der Waals surface area contributed by atoms with Gasteiger partial charge in [0.05, 0.1) is 4.90 Å². The Kier molecular flexibility index (Phi) is 5.91. The van der Waals surface area contributed by atoms with Crippen LogP contribution in [0.25, 0.3) is 0 Å². The van der Waals surface area contributed by atoms with Gasteiger partial charge in [-0.15, -0.1) is 0 Å². The average Bonchev–Trinajstić information content (AvgIpc) is 3.11. The van der Waals surface area contributed by atoms with Gasteiger partial charge in [-0.2, -0.15) is 0 Å². The topological polar surface area (TPSA) is 66.5 Å². The molecule has 1 atom stereocenters. The quantitative estimate of drug-likeness (QED) is 0.796. The normalized spacial score (nSPS) is 14.8. The van der Waals surface area contributed by atoms with Gasteiger partial charge >= 0.3 is 0 Å². The highest BCUT2D eigenvalue weighted by atomic mass is 32.2. The van der Waals surface area contributed by atoms with Gasteiger partial charge in [0.25, 0.3) is 0 Å². The number of fused-ring (bicyclic) bond motifs is 1. The zero-order valence-corrected chi connectivity index (χ0v) is 17.8. The lowest BCUT2D eigenvalue weighted by Gasteiger charge is -2.20. The summed E-state index contributed by atoms with van der Waals surface area (Å²) in [6.07, 6.45) is 1.78. The highest BCUT2D eigenvalue weighted by Crippen LogP contribution is 2.31. The van der Waals surface area contributed by atoms with Crippen molar-refractivity contribution in [2.75, 3.05) is 11.4 Å². The maximum absolute atomic E-state index is 13.0. The van der Waals surface area contributed by atoms with Gasteiger partial charge in [-0.05, 0) is 67.1 Å². The van der Waals surface area contributed by atoms with Gasteiger partial charge in [-0.3, -0.25) is 4.79 Å². The monoisotopic (exact) mass is 400 g/mol. The zero-order chi connectivity index (χ0) is 20.5. The first-order valence-electron chi connectivity index (χ1n) is 9.79. The first kappa shape index (κ1) is 20.6. The van der Waals surface area contributed by atoms with E-state index in [-0.39, 0.29) is 16.8 Å². The molecule has 2 aromatic rings. The van der Waals surface area contributed by atoms with Crippen molar-refractivity contribution in [1.82, 2.24) is 4.72 Å². The maximum atomic E-state index is 13.0. The SMILES string of the molecule is CCC(=O)N1CCc2cc(S(=O)(=O)NC(CC)c3ccc(C)c(C)c3)ccc21. The van der Waals surface area contributed by atoms with E-state index in [4.69, 9.17) is 0 Å². The van der Waals surface area contributed by atoms with Crippen LogP contribution in [-0.4, -0.2) is 20.9 Å². The van der Waals surface area contributed by atoms with Crippen LogP contribution in [0.2, 0.25) is 0 Å². The minimum atomic E-state index is -3.66. The van der Waals surface area contributed by atoms with Gasteiger partial charge in [0.15, 0.2) is 0 Å². The van der Waals surface area contributed by atoms with Gasteiger partial charge in [-0.25, -0.2) is 13.1 Å². The lowest BCUT2D eigenvalue weighted by Crippen LogP contribution is -2.29. The van der Waals surface area contributed by atoms with E-state index in [0.717, 1.165) is 22.4 Å². The Labute approximate surface area is 167 Å². The molecule has 0 spiro atoms. The summed E-state index contributed by atoms with van der Waals surface area (Å²) in [6.45, 7) is 8.49. The van der Waals surface area contributed by atoms with E-state index in [0.29, 0.717) is 25.8 Å². The van der Waals surface area contributed by atoms with Gasteiger partial charge in [0.1, 0.15) is 0 Å². The van der Waals surface area contributed by atoms with E-state index in [1.165, 1.54) is 5.56 Å². The van der Waals surface area contributed by atoms with Crippen LogP contribution in [0.4, 0.5) is 5.69 Å². The number of aryl methyl sites for hydroxylation is 2. The summed E-state index contributed by atoms with van der Waals surface area (Å²) in [5.41, 5.74) is 5.03. The standard InChI is InChI=1S/C22H28N2O3S/c1-5-20(17-8-7-15(3)16(4)13-17)23-28(26,27)19-9-10-21-18(14-19)11-12-24(21)22(25)6-2/h7-10,13-14,20,23H,5-6,11-12H2,1-4H3. The summed E-state index contributed by atoms with van der Waals surface area (Å²) >= 11 is 0. The zero-order valence-electron chi connectivity index (χ0n) is 17.0. The molecule has 28 heavy (non-hydrogen) atoms. The van der Waals surface area contributed by atoms with E-state index >= 15 is 0 Å². The second-order valence-corrected chi connectivity index (χ2v) is 9.08. The molecule has 0 aliphatic carbocycles. The maximum Gasteiger partial charge on any atom is 0.241 e. The van der Waals surface area contributed by atoms with Crippen molar-refractivity contribution in [3.05, 3.63) is 58.7 Å². The first-order valence-corrected chi connectivity index (χ1v) is 11.3. The molecule has 1 aliphatic rings. The molecule has 1 heterocycles. The Morgan fingerprint density at radius 3 is 2.50 bits per heavy atom. The van der Waals surface area contributed by atoms with Gasteiger partial charge in [0.2, 0.25) is 15.9 Å². The van der Waals surface area contributed by atoms with Crippen LogP contribution in [0.15, 0.2) is 41.3 Å². The number of rotatable bonds is 6. The summed E-state index contributed by atoms with van der Waals surface area (Å²) in [4.78, 5) is 14.0. The smallest absolute Gasteiger partial charge is 0.241 e. The molecule has 0 bridgehead atoms. The molecule has 1 unspecified atom stereocenters. The van der Waals surface area contributed by atoms with Crippen LogP contribution >= 0.6 is 0 Å². The Morgan fingerprint density at radius 2 is 1.86 bits per heavy atom. The molecule has 0 saturated carbocycles. The minimum Gasteiger partial charge on any atom is -0.312 e. The van der Waals surface area contributed by atoms with E-state index < -0.39 is 10.0 Å². The summed E-state index contributed by atoms with van der Waals surface area (Å²) in [5.74, 6) is 0.0632. The molecule has 150 valence electrons. The van der Waals surface area contributed by atoms with Crippen LogP contribution in [0.1, 0.15) is 55.0 Å². The van der Waals surface area contributed by atoms with Crippen LogP contribution < -0.4 is 9.62 Å². The van der Waals surface area contributed by atoms with Gasteiger partial charge in [-0.1, -0.05) is 32.0 Å². The number of nitrogens with one attached hydrogen (secondary N) is 1. The number of carbonyl (C=O) groups excluding carboxylic acids is 1. The summed E-state index contributed by atoms with van der Waals surface area (Å²) in [5, 5.41) is 0. The van der Waals surface area contributed by atoms with E-state index in [1.54, 1.807) is 23.1 Å². The molecular formula is C22H28N2O3S. The number of benzene rings is 2. The minimum absolute atomic E-state index is 0.0632. The third-order valence-corrected chi connectivity index (χ3v) is 6.97. The predicted molar refractivity (Wildman–Crippen MR) is 112 cm³/mol. The second kappa shape index (κ2) is 8.05. The number of sulfonamides is 1. The third-order valence-electron chi connectivity index (χ3n) is 5.50. The largest absolute Gasteiger partial charge is 0.312 e. The molecule has 1 aliphatic heterocycles. The Morgan fingerprint density at radius 1 is 1.11 bits per heavy atom. The molecular weight excluding hydrogens is 372 g/mol. The highest BCUT2D eigenvalue weighted by Gasteiger charge is 2.27. The number of carbonyl (C=O) groups is 1.